The van der Waals surface area contributed by atoms with E-state index in [0.717, 1.165) is 0 Å². The summed E-state index contributed by atoms with van der Waals surface area (Å²) in [7, 11) is 2.84. The number of hydrogen-bond acceptors (Lipinski definition) is 5. The number of anilines is 2. The molecule has 3 rings (SSSR count). The van der Waals surface area contributed by atoms with E-state index in [4.69, 9.17) is 16.3 Å². The highest BCUT2D eigenvalue weighted by Crippen LogP contribution is 2.29. The fourth-order valence-corrected chi connectivity index (χ4v) is 3.16. The molecular weight excluding hydrogens is 384 g/mol. The highest BCUT2D eigenvalue weighted by molar-refractivity contribution is 6.34. The predicted octanol–water partition coefficient (Wildman–Crippen LogP) is 3.13. The lowest BCUT2D eigenvalue weighted by Crippen LogP contribution is -2.28. The molecule has 2 amide bonds. The summed E-state index contributed by atoms with van der Waals surface area (Å²) in [6.45, 7) is 0.255. The number of esters is 1. The molecule has 1 fully saturated rings. The van der Waals surface area contributed by atoms with Gasteiger partial charge in [-0.2, -0.15) is 0 Å². The average Bonchev–Trinajstić information content (AvgIpc) is 3.11. The first-order valence-corrected chi connectivity index (χ1v) is 8.94. The van der Waals surface area contributed by atoms with Crippen LogP contribution in [0.5, 0.6) is 5.75 Å². The zero-order chi connectivity index (χ0) is 20.3. The van der Waals surface area contributed by atoms with Gasteiger partial charge in [0, 0.05) is 18.7 Å². The van der Waals surface area contributed by atoms with Gasteiger partial charge in [0.25, 0.3) is 0 Å². The van der Waals surface area contributed by atoms with Crippen molar-refractivity contribution in [1.82, 2.24) is 0 Å². The summed E-state index contributed by atoms with van der Waals surface area (Å²) in [4.78, 5) is 38.3. The van der Waals surface area contributed by atoms with Crippen LogP contribution in [0.4, 0.5) is 11.4 Å². The zero-order valence-electron chi connectivity index (χ0n) is 15.4. The number of methoxy groups -OCH3 is 2. The number of hydrogen-bond donors (Lipinski definition) is 1. The number of benzene rings is 2. The fourth-order valence-electron chi connectivity index (χ4n) is 3.00. The summed E-state index contributed by atoms with van der Waals surface area (Å²) >= 11 is 6.12. The molecule has 28 heavy (non-hydrogen) atoms. The molecular formula is C20H19ClN2O5. The summed E-state index contributed by atoms with van der Waals surface area (Å²) in [6.07, 6.45) is 0.0895. The standard InChI is InChI=1S/C20H19ClN2O5/c1-27-15-6-4-14(5-7-15)23-11-13(10-18(23)24)19(25)22-17-9-12(20(26)28-2)3-8-16(17)21/h3-9,13H,10-11H2,1-2H3,(H,22,25). The van der Waals surface area contributed by atoms with E-state index in [-0.39, 0.29) is 35.4 Å². The van der Waals surface area contributed by atoms with Gasteiger partial charge in [0.2, 0.25) is 11.8 Å². The number of carbonyl (C=O) groups excluding carboxylic acids is 3. The van der Waals surface area contributed by atoms with E-state index in [1.54, 1.807) is 36.3 Å². The number of carbonyl (C=O) groups is 3. The monoisotopic (exact) mass is 402 g/mol. The van der Waals surface area contributed by atoms with Crippen molar-refractivity contribution in [3.8, 4) is 5.75 Å². The third kappa shape index (κ3) is 4.09. The van der Waals surface area contributed by atoms with Crippen LogP contribution in [0.2, 0.25) is 5.02 Å². The highest BCUT2D eigenvalue weighted by atomic mass is 35.5. The van der Waals surface area contributed by atoms with Crippen molar-refractivity contribution in [3.05, 3.63) is 53.1 Å². The molecule has 0 spiro atoms. The van der Waals surface area contributed by atoms with Gasteiger partial charge in [0.05, 0.1) is 36.4 Å². The van der Waals surface area contributed by atoms with Gasteiger partial charge in [-0.3, -0.25) is 9.59 Å². The van der Waals surface area contributed by atoms with E-state index in [2.05, 4.69) is 10.1 Å². The normalized spacial score (nSPS) is 16.0. The Balaban J connectivity index is 1.72. The van der Waals surface area contributed by atoms with E-state index < -0.39 is 11.9 Å². The molecule has 1 aliphatic rings. The second-order valence-corrected chi connectivity index (χ2v) is 6.69. The SMILES string of the molecule is COC(=O)c1ccc(Cl)c(NC(=O)C2CC(=O)N(c3ccc(OC)cc3)C2)c1. The Morgan fingerprint density at radius 3 is 2.50 bits per heavy atom. The molecule has 1 saturated heterocycles. The number of nitrogens with zero attached hydrogens (tertiary/aromatic N) is 1. The first-order valence-electron chi connectivity index (χ1n) is 8.56. The predicted molar refractivity (Wildman–Crippen MR) is 105 cm³/mol. The lowest BCUT2D eigenvalue weighted by Gasteiger charge is -2.17. The number of nitrogens with one attached hydrogen (secondary N) is 1. The minimum atomic E-state index is -0.535. The Hall–Kier alpha value is -3.06. The average molecular weight is 403 g/mol. The van der Waals surface area contributed by atoms with Crippen LogP contribution < -0.4 is 15.0 Å². The van der Waals surface area contributed by atoms with E-state index in [1.165, 1.54) is 25.3 Å². The van der Waals surface area contributed by atoms with E-state index in [1.807, 2.05) is 0 Å². The molecule has 146 valence electrons. The molecule has 8 heteroatoms. The topological polar surface area (TPSA) is 84.9 Å². The van der Waals surface area contributed by atoms with Crippen LogP contribution in [0.15, 0.2) is 42.5 Å². The Kier molecular flexibility index (Phi) is 5.84. The van der Waals surface area contributed by atoms with Crippen molar-refractivity contribution in [1.29, 1.82) is 0 Å². The Morgan fingerprint density at radius 2 is 1.86 bits per heavy atom. The first-order chi connectivity index (χ1) is 13.4. The summed E-state index contributed by atoms with van der Waals surface area (Å²) in [5.74, 6) is -0.862. The smallest absolute Gasteiger partial charge is 0.337 e. The van der Waals surface area contributed by atoms with E-state index in [9.17, 15) is 14.4 Å². The summed E-state index contributed by atoms with van der Waals surface area (Å²) in [5, 5.41) is 2.99. The molecule has 2 aromatic carbocycles. The van der Waals surface area contributed by atoms with Crippen LogP contribution in [-0.2, 0) is 14.3 Å². The molecule has 0 aliphatic carbocycles. The van der Waals surface area contributed by atoms with Crippen molar-refractivity contribution in [2.75, 3.05) is 31.0 Å². The van der Waals surface area contributed by atoms with Gasteiger partial charge in [-0.05, 0) is 42.5 Å². The van der Waals surface area contributed by atoms with Crippen LogP contribution in [0.1, 0.15) is 16.8 Å². The van der Waals surface area contributed by atoms with Gasteiger partial charge in [-0.15, -0.1) is 0 Å². The van der Waals surface area contributed by atoms with Gasteiger partial charge in [0.1, 0.15) is 5.75 Å². The molecule has 0 bridgehead atoms. The second-order valence-electron chi connectivity index (χ2n) is 6.28. The lowest BCUT2D eigenvalue weighted by molar-refractivity contribution is -0.122. The Bertz CT molecular complexity index is 913. The van der Waals surface area contributed by atoms with E-state index >= 15 is 0 Å². The van der Waals surface area contributed by atoms with Gasteiger partial charge < -0.3 is 19.7 Å². The van der Waals surface area contributed by atoms with Crippen LogP contribution in [-0.4, -0.2) is 38.5 Å². The molecule has 0 radical (unpaired) electrons. The van der Waals surface area contributed by atoms with E-state index in [0.29, 0.717) is 17.1 Å². The molecule has 1 atom stereocenters. The third-order valence-corrected chi connectivity index (χ3v) is 4.85. The van der Waals surface area contributed by atoms with Gasteiger partial charge in [-0.25, -0.2) is 4.79 Å². The largest absolute Gasteiger partial charge is 0.497 e. The molecule has 0 saturated carbocycles. The maximum absolute atomic E-state index is 12.7. The Labute approximate surface area is 167 Å². The summed E-state index contributed by atoms with van der Waals surface area (Å²) in [6, 6.07) is 11.5. The van der Waals surface area contributed by atoms with Gasteiger partial charge >= 0.3 is 5.97 Å². The van der Waals surface area contributed by atoms with Crippen LogP contribution >= 0.6 is 11.6 Å². The van der Waals surface area contributed by atoms with Crippen LogP contribution in [0.3, 0.4) is 0 Å². The van der Waals surface area contributed by atoms with Gasteiger partial charge in [0.15, 0.2) is 0 Å². The Morgan fingerprint density at radius 1 is 1.14 bits per heavy atom. The number of halogens is 1. The summed E-state index contributed by atoms with van der Waals surface area (Å²) < 4.78 is 9.79. The zero-order valence-corrected chi connectivity index (χ0v) is 16.2. The lowest BCUT2D eigenvalue weighted by atomic mass is 10.1. The van der Waals surface area contributed by atoms with Gasteiger partial charge in [-0.1, -0.05) is 11.6 Å². The van der Waals surface area contributed by atoms with Crippen LogP contribution in [0, 0.1) is 5.92 Å². The fraction of sp³-hybridized carbons (Fsp3) is 0.250. The molecule has 0 aromatic heterocycles. The molecule has 1 unspecified atom stereocenters. The molecule has 1 N–H and O–H groups in total. The molecule has 2 aromatic rings. The minimum Gasteiger partial charge on any atom is -0.497 e. The second kappa shape index (κ2) is 8.31. The van der Waals surface area contributed by atoms with Crippen molar-refractivity contribution in [2.45, 2.75) is 6.42 Å². The minimum absolute atomic E-state index is 0.0895. The summed E-state index contributed by atoms with van der Waals surface area (Å²) in [5.41, 5.74) is 1.27. The maximum atomic E-state index is 12.7. The highest BCUT2D eigenvalue weighted by Gasteiger charge is 2.35. The number of ether oxygens (including phenoxy) is 2. The third-order valence-electron chi connectivity index (χ3n) is 4.53. The quantitative estimate of drug-likeness (QED) is 0.776. The molecule has 1 heterocycles. The molecule has 1 aliphatic heterocycles. The van der Waals surface area contributed by atoms with Crippen molar-refractivity contribution >= 4 is 40.8 Å². The van der Waals surface area contributed by atoms with Crippen LogP contribution in [0.25, 0.3) is 0 Å². The number of amides is 2. The van der Waals surface area contributed by atoms with Crippen molar-refractivity contribution in [3.63, 3.8) is 0 Å². The number of rotatable bonds is 5. The maximum Gasteiger partial charge on any atom is 0.337 e. The van der Waals surface area contributed by atoms with Crippen molar-refractivity contribution in [2.24, 2.45) is 5.92 Å². The first kappa shape index (κ1) is 19.7. The van der Waals surface area contributed by atoms with Crippen molar-refractivity contribution < 1.29 is 23.9 Å². The molecule has 7 nitrogen and oxygen atoms in total.